The van der Waals surface area contributed by atoms with E-state index in [1.54, 1.807) is 6.92 Å². The van der Waals surface area contributed by atoms with E-state index in [2.05, 4.69) is 12.1 Å². The van der Waals surface area contributed by atoms with E-state index >= 15 is 0 Å². The van der Waals surface area contributed by atoms with E-state index in [1.807, 2.05) is 42.5 Å². The van der Waals surface area contributed by atoms with Crippen molar-refractivity contribution in [2.24, 2.45) is 5.92 Å². The standard InChI is InChI=1S/C16H16O2/c1-12(16(17)18)11-13-7-9-15(10-8-13)14-5-3-2-4-6-14/h2-10,12H,11H2,1H3,(H,17,18)/t12-/m1/s1. The molecule has 1 atom stereocenters. The first-order valence-corrected chi connectivity index (χ1v) is 6.04. The molecule has 0 spiro atoms. The fraction of sp³-hybridized carbons (Fsp3) is 0.188. The maximum Gasteiger partial charge on any atom is 0.306 e. The highest BCUT2D eigenvalue weighted by Crippen LogP contribution is 2.20. The smallest absolute Gasteiger partial charge is 0.306 e. The molecule has 0 unspecified atom stereocenters. The van der Waals surface area contributed by atoms with Gasteiger partial charge in [0.05, 0.1) is 5.92 Å². The summed E-state index contributed by atoms with van der Waals surface area (Å²) >= 11 is 0. The van der Waals surface area contributed by atoms with E-state index in [4.69, 9.17) is 5.11 Å². The number of hydrogen-bond donors (Lipinski definition) is 1. The number of carbonyl (C=O) groups is 1. The molecule has 92 valence electrons. The molecule has 0 aromatic heterocycles. The van der Waals surface area contributed by atoms with Gasteiger partial charge in [0, 0.05) is 0 Å². The Kier molecular flexibility index (Phi) is 3.78. The molecule has 0 radical (unpaired) electrons. The molecule has 0 saturated carbocycles. The van der Waals surface area contributed by atoms with Crippen molar-refractivity contribution >= 4 is 5.97 Å². The molecular weight excluding hydrogens is 224 g/mol. The highest BCUT2D eigenvalue weighted by Gasteiger charge is 2.11. The fourth-order valence-electron chi connectivity index (χ4n) is 1.90. The Labute approximate surface area is 107 Å². The summed E-state index contributed by atoms with van der Waals surface area (Å²) in [5, 5.41) is 8.88. The van der Waals surface area contributed by atoms with Crippen LogP contribution in [-0.4, -0.2) is 11.1 Å². The normalized spacial score (nSPS) is 12.1. The Hall–Kier alpha value is -2.09. The van der Waals surface area contributed by atoms with Gasteiger partial charge in [0.15, 0.2) is 0 Å². The summed E-state index contributed by atoms with van der Waals surface area (Å²) in [7, 11) is 0. The summed E-state index contributed by atoms with van der Waals surface area (Å²) in [6, 6.07) is 18.2. The number of benzene rings is 2. The monoisotopic (exact) mass is 240 g/mol. The Balaban J connectivity index is 2.13. The average molecular weight is 240 g/mol. The van der Waals surface area contributed by atoms with Crippen LogP contribution in [0.2, 0.25) is 0 Å². The molecule has 0 aliphatic carbocycles. The highest BCUT2D eigenvalue weighted by molar-refractivity contribution is 5.70. The van der Waals surface area contributed by atoms with Crippen molar-refractivity contribution in [3.05, 3.63) is 60.2 Å². The van der Waals surface area contributed by atoms with Crippen molar-refractivity contribution in [1.29, 1.82) is 0 Å². The molecule has 2 rings (SSSR count). The highest BCUT2D eigenvalue weighted by atomic mass is 16.4. The van der Waals surface area contributed by atoms with Crippen molar-refractivity contribution in [3.63, 3.8) is 0 Å². The van der Waals surface area contributed by atoms with Crippen LogP contribution in [0.4, 0.5) is 0 Å². The lowest BCUT2D eigenvalue weighted by Crippen LogP contribution is -2.12. The molecule has 2 aromatic carbocycles. The first kappa shape index (κ1) is 12.4. The van der Waals surface area contributed by atoms with Crippen LogP contribution >= 0.6 is 0 Å². The molecular formula is C16H16O2. The summed E-state index contributed by atoms with van der Waals surface area (Å²) in [6.07, 6.45) is 0.574. The molecule has 0 aliphatic heterocycles. The van der Waals surface area contributed by atoms with Gasteiger partial charge in [-0.25, -0.2) is 0 Å². The van der Waals surface area contributed by atoms with E-state index in [9.17, 15) is 4.79 Å². The summed E-state index contributed by atoms with van der Waals surface area (Å²) in [6.45, 7) is 1.73. The van der Waals surface area contributed by atoms with Gasteiger partial charge in [0.2, 0.25) is 0 Å². The Morgan fingerprint density at radius 1 is 1.00 bits per heavy atom. The number of hydrogen-bond acceptors (Lipinski definition) is 1. The predicted molar refractivity (Wildman–Crippen MR) is 72.4 cm³/mol. The second-order valence-electron chi connectivity index (χ2n) is 4.51. The summed E-state index contributed by atoms with van der Waals surface area (Å²) in [5.74, 6) is -1.09. The zero-order chi connectivity index (χ0) is 13.0. The molecule has 1 N–H and O–H groups in total. The topological polar surface area (TPSA) is 37.3 Å². The third-order valence-corrected chi connectivity index (χ3v) is 3.02. The zero-order valence-corrected chi connectivity index (χ0v) is 10.3. The number of rotatable bonds is 4. The van der Waals surface area contributed by atoms with Gasteiger partial charge in [-0.15, -0.1) is 0 Å². The number of aliphatic carboxylic acids is 1. The van der Waals surface area contributed by atoms with Crippen LogP contribution in [0.25, 0.3) is 11.1 Å². The van der Waals surface area contributed by atoms with Crippen LogP contribution in [0.5, 0.6) is 0 Å². The third-order valence-electron chi connectivity index (χ3n) is 3.02. The van der Waals surface area contributed by atoms with Crippen molar-refractivity contribution in [2.75, 3.05) is 0 Å². The molecule has 18 heavy (non-hydrogen) atoms. The molecule has 2 heteroatoms. The molecule has 0 saturated heterocycles. The lowest BCUT2D eigenvalue weighted by atomic mass is 9.98. The molecule has 0 amide bonds. The van der Waals surface area contributed by atoms with Crippen LogP contribution in [0.3, 0.4) is 0 Å². The Morgan fingerprint density at radius 2 is 1.56 bits per heavy atom. The van der Waals surface area contributed by atoms with Crippen LogP contribution in [0.1, 0.15) is 12.5 Å². The summed E-state index contributed by atoms with van der Waals surface area (Å²) in [4.78, 5) is 10.8. The second-order valence-corrected chi connectivity index (χ2v) is 4.51. The lowest BCUT2D eigenvalue weighted by molar-refractivity contribution is -0.141. The second kappa shape index (κ2) is 5.50. The van der Waals surface area contributed by atoms with Crippen molar-refractivity contribution in [1.82, 2.24) is 0 Å². The number of carboxylic acid groups (broad SMARTS) is 1. The van der Waals surface area contributed by atoms with E-state index in [0.29, 0.717) is 6.42 Å². The van der Waals surface area contributed by atoms with Crippen molar-refractivity contribution in [2.45, 2.75) is 13.3 Å². The van der Waals surface area contributed by atoms with Crippen LogP contribution < -0.4 is 0 Å². The zero-order valence-electron chi connectivity index (χ0n) is 10.3. The van der Waals surface area contributed by atoms with E-state index in [-0.39, 0.29) is 5.92 Å². The van der Waals surface area contributed by atoms with Crippen LogP contribution in [-0.2, 0) is 11.2 Å². The lowest BCUT2D eigenvalue weighted by Gasteiger charge is -2.07. The van der Waals surface area contributed by atoms with Gasteiger partial charge in [0.1, 0.15) is 0 Å². The van der Waals surface area contributed by atoms with Crippen LogP contribution in [0, 0.1) is 5.92 Å². The molecule has 2 nitrogen and oxygen atoms in total. The maximum atomic E-state index is 10.8. The molecule has 0 heterocycles. The first-order chi connectivity index (χ1) is 8.66. The minimum atomic E-state index is -0.748. The molecule has 0 fully saturated rings. The Bertz CT molecular complexity index is 515. The van der Waals surface area contributed by atoms with Gasteiger partial charge >= 0.3 is 5.97 Å². The van der Waals surface area contributed by atoms with E-state index < -0.39 is 5.97 Å². The van der Waals surface area contributed by atoms with Crippen molar-refractivity contribution < 1.29 is 9.90 Å². The quantitative estimate of drug-likeness (QED) is 0.886. The summed E-state index contributed by atoms with van der Waals surface area (Å²) in [5.41, 5.74) is 3.39. The first-order valence-electron chi connectivity index (χ1n) is 6.04. The van der Waals surface area contributed by atoms with Gasteiger partial charge in [-0.3, -0.25) is 4.79 Å². The van der Waals surface area contributed by atoms with Crippen LogP contribution in [0.15, 0.2) is 54.6 Å². The minimum absolute atomic E-state index is 0.340. The van der Waals surface area contributed by atoms with Gasteiger partial charge in [0.25, 0.3) is 0 Å². The maximum absolute atomic E-state index is 10.8. The predicted octanol–water partition coefficient (Wildman–Crippen LogP) is 3.62. The van der Waals surface area contributed by atoms with Gasteiger partial charge in [-0.1, -0.05) is 61.5 Å². The van der Waals surface area contributed by atoms with E-state index in [0.717, 1.165) is 11.1 Å². The van der Waals surface area contributed by atoms with Crippen molar-refractivity contribution in [3.8, 4) is 11.1 Å². The van der Waals surface area contributed by atoms with Gasteiger partial charge < -0.3 is 5.11 Å². The van der Waals surface area contributed by atoms with Gasteiger partial charge in [-0.05, 0) is 23.1 Å². The fourth-order valence-corrected chi connectivity index (χ4v) is 1.90. The summed E-state index contributed by atoms with van der Waals surface area (Å²) < 4.78 is 0. The molecule has 0 bridgehead atoms. The largest absolute Gasteiger partial charge is 0.481 e. The molecule has 0 aliphatic rings. The Morgan fingerprint density at radius 3 is 2.11 bits per heavy atom. The minimum Gasteiger partial charge on any atom is -0.481 e. The molecule has 2 aromatic rings. The number of carboxylic acids is 1. The average Bonchev–Trinajstić information content (AvgIpc) is 2.40. The van der Waals surface area contributed by atoms with E-state index in [1.165, 1.54) is 5.56 Å². The van der Waals surface area contributed by atoms with Gasteiger partial charge in [-0.2, -0.15) is 0 Å². The SMILES string of the molecule is C[C@H](Cc1ccc(-c2ccccc2)cc1)C(=O)O. The third kappa shape index (κ3) is 2.98.